The van der Waals surface area contributed by atoms with Gasteiger partial charge in [-0.2, -0.15) is 0 Å². The molecule has 0 aromatic heterocycles. The van der Waals surface area contributed by atoms with Gasteiger partial charge in [-0.05, 0) is 42.3 Å². The lowest BCUT2D eigenvalue weighted by molar-refractivity contribution is 0.342. The maximum atomic E-state index is 5.96. The van der Waals surface area contributed by atoms with Crippen LogP contribution in [-0.4, -0.2) is 6.61 Å². The smallest absolute Gasteiger partial charge is 0.142 e. The number of halogens is 1. The fourth-order valence-corrected chi connectivity index (χ4v) is 1.87. The molecule has 2 aromatic rings. The first kappa shape index (κ1) is 11.8. The third kappa shape index (κ3) is 2.71. The summed E-state index contributed by atoms with van der Waals surface area (Å²) >= 11 is 5.96. The van der Waals surface area contributed by atoms with Crippen molar-refractivity contribution in [2.75, 3.05) is 12.3 Å². The van der Waals surface area contributed by atoms with Crippen molar-refractivity contribution in [1.29, 1.82) is 0 Å². The molecule has 2 N–H and O–H groups in total. The van der Waals surface area contributed by atoms with Crippen LogP contribution in [0.4, 0.5) is 5.69 Å². The average Bonchev–Trinajstić information content (AvgIpc) is 2.32. The minimum absolute atomic E-state index is 0.612. The maximum Gasteiger partial charge on any atom is 0.142 e. The molecular formula is C14H14ClNO. The molecule has 2 aromatic carbocycles. The highest BCUT2D eigenvalue weighted by molar-refractivity contribution is 6.30. The molecule has 0 saturated heterocycles. The first-order chi connectivity index (χ1) is 8.20. The zero-order valence-electron chi connectivity index (χ0n) is 9.61. The molecular weight excluding hydrogens is 234 g/mol. The van der Waals surface area contributed by atoms with E-state index in [0.29, 0.717) is 12.3 Å². The first-order valence-electron chi connectivity index (χ1n) is 5.49. The van der Waals surface area contributed by atoms with Gasteiger partial charge in [0, 0.05) is 5.02 Å². The molecule has 0 heterocycles. The SMILES string of the molecule is CCOc1ccc(-c2cccc(Cl)c2)cc1N. The number of ether oxygens (including phenoxy) is 1. The van der Waals surface area contributed by atoms with Crippen molar-refractivity contribution >= 4 is 17.3 Å². The Morgan fingerprint density at radius 3 is 2.53 bits per heavy atom. The van der Waals surface area contributed by atoms with E-state index in [2.05, 4.69) is 0 Å². The van der Waals surface area contributed by atoms with E-state index in [4.69, 9.17) is 22.1 Å². The molecule has 0 saturated carbocycles. The lowest BCUT2D eigenvalue weighted by atomic mass is 10.0. The van der Waals surface area contributed by atoms with Gasteiger partial charge in [0.2, 0.25) is 0 Å². The van der Waals surface area contributed by atoms with Crippen LogP contribution in [0.5, 0.6) is 5.75 Å². The molecule has 0 spiro atoms. The lowest BCUT2D eigenvalue weighted by Gasteiger charge is -2.09. The number of anilines is 1. The van der Waals surface area contributed by atoms with Gasteiger partial charge in [0.25, 0.3) is 0 Å². The molecule has 0 aliphatic heterocycles. The van der Waals surface area contributed by atoms with Crippen LogP contribution in [0.2, 0.25) is 5.02 Å². The Morgan fingerprint density at radius 2 is 1.88 bits per heavy atom. The number of benzene rings is 2. The van der Waals surface area contributed by atoms with Crippen LogP contribution in [0.3, 0.4) is 0 Å². The molecule has 0 fully saturated rings. The molecule has 3 heteroatoms. The second-order valence-electron chi connectivity index (χ2n) is 3.70. The van der Waals surface area contributed by atoms with Crippen molar-refractivity contribution in [3.63, 3.8) is 0 Å². The van der Waals surface area contributed by atoms with E-state index in [9.17, 15) is 0 Å². The van der Waals surface area contributed by atoms with Crippen molar-refractivity contribution in [2.45, 2.75) is 6.92 Å². The fraction of sp³-hybridized carbons (Fsp3) is 0.143. The molecule has 88 valence electrons. The van der Waals surface area contributed by atoms with Crippen molar-refractivity contribution in [3.8, 4) is 16.9 Å². The number of hydrogen-bond donors (Lipinski definition) is 1. The van der Waals surface area contributed by atoms with Gasteiger partial charge >= 0.3 is 0 Å². The minimum atomic E-state index is 0.612. The number of nitrogens with two attached hydrogens (primary N) is 1. The summed E-state index contributed by atoms with van der Waals surface area (Å²) in [6, 6.07) is 13.4. The Labute approximate surface area is 106 Å². The van der Waals surface area contributed by atoms with Gasteiger partial charge in [0.1, 0.15) is 5.75 Å². The largest absolute Gasteiger partial charge is 0.492 e. The molecule has 0 aliphatic rings. The van der Waals surface area contributed by atoms with E-state index in [0.717, 1.165) is 21.9 Å². The summed E-state index contributed by atoms with van der Waals surface area (Å²) in [4.78, 5) is 0. The second kappa shape index (κ2) is 5.11. The van der Waals surface area contributed by atoms with E-state index in [-0.39, 0.29) is 0 Å². The first-order valence-corrected chi connectivity index (χ1v) is 5.86. The highest BCUT2D eigenvalue weighted by Gasteiger charge is 2.03. The predicted octanol–water partition coefficient (Wildman–Crippen LogP) is 3.99. The van der Waals surface area contributed by atoms with Gasteiger partial charge in [-0.15, -0.1) is 0 Å². The van der Waals surface area contributed by atoms with Crippen LogP contribution in [0.1, 0.15) is 6.92 Å². The zero-order valence-corrected chi connectivity index (χ0v) is 10.4. The molecule has 17 heavy (non-hydrogen) atoms. The van der Waals surface area contributed by atoms with E-state index in [1.54, 1.807) is 0 Å². The molecule has 2 nitrogen and oxygen atoms in total. The summed E-state index contributed by atoms with van der Waals surface area (Å²) in [5, 5.41) is 0.718. The molecule has 0 unspecified atom stereocenters. The Bertz CT molecular complexity index is 525. The highest BCUT2D eigenvalue weighted by Crippen LogP contribution is 2.29. The highest BCUT2D eigenvalue weighted by atomic mass is 35.5. The van der Waals surface area contributed by atoms with Gasteiger partial charge in [0.05, 0.1) is 12.3 Å². The Morgan fingerprint density at radius 1 is 1.12 bits per heavy atom. The Balaban J connectivity index is 2.37. The van der Waals surface area contributed by atoms with Crippen molar-refractivity contribution in [3.05, 3.63) is 47.5 Å². The standard InChI is InChI=1S/C14H14ClNO/c1-2-17-14-7-6-11(9-13(14)16)10-4-3-5-12(15)8-10/h3-9H,2,16H2,1H3. The van der Waals surface area contributed by atoms with Crippen LogP contribution in [0.15, 0.2) is 42.5 Å². The predicted molar refractivity (Wildman–Crippen MR) is 72.5 cm³/mol. The Kier molecular flexibility index (Phi) is 3.55. The van der Waals surface area contributed by atoms with E-state index < -0.39 is 0 Å². The summed E-state index contributed by atoms with van der Waals surface area (Å²) < 4.78 is 5.40. The molecule has 0 atom stereocenters. The van der Waals surface area contributed by atoms with Crippen molar-refractivity contribution in [1.82, 2.24) is 0 Å². The third-order valence-corrected chi connectivity index (χ3v) is 2.70. The van der Waals surface area contributed by atoms with Crippen LogP contribution in [0.25, 0.3) is 11.1 Å². The summed E-state index contributed by atoms with van der Waals surface area (Å²) in [5.41, 5.74) is 8.65. The third-order valence-electron chi connectivity index (χ3n) is 2.47. The van der Waals surface area contributed by atoms with Gasteiger partial charge in [-0.1, -0.05) is 29.8 Å². The van der Waals surface area contributed by atoms with E-state index in [1.165, 1.54) is 0 Å². The molecule has 0 amide bonds. The van der Waals surface area contributed by atoms with Crippen molar-refractivity contribution in [2.24, 2.45) is 0 Å². The normalized spacial score (nSPS) is 10.2. The average molecular weight is 248 g/mol. The quantitative estimate of drug-likeness (QED) is 0.833. The van der Waals surface area contributed by atoms with Gasteiger partial charge in [0.15, 0.2) is 0 Å². The van der Waals surface area contributed by atoms with E-state index >= 15 is 0 Å². The van der Waals surface area contributed by atoms with Gasteiger partial charge in [-0.3, -0.25) is 0 Å². The number of rotatable bonds is 3. The van der Waals surface area contributed by atoms with Gasteiger partial charge in [-0.25, -0.2) is 0 Å². The monoisotopic (exact) mass is 247 g/mol. The van der Waals surface area contributed by atoms with Crippen LogP contribution in [-0.2, 0) is 0 Å². The summed E-state index contributed by atoms with van der Waals surface area (Å²) in [7, 11) is 0. The zero-order chi connectivity index (χ0) is 12.3. The molecule has 2 rings (SSSR count). The maximum absolute atomic E-state index is 5.96. The van der Waals surface area contributed by atoms with Crippen LogP contribution < -0.4 is 10.5 Å². The van der Waals surface area contributed by atoms with E-state index in [1.807, 2.05) is 49.4 Å². The summed E-state index contributed by atoms with van der Waals surface area (Å²) in [6.45, 7) is 2.55. The molecule has 0 radical (unpaired) electrons. The van der Waals surface area contributed by atoms with Crippen molar-refractivity contribution < 1.29 is 4.74 Å². The lowest BCUT2D eigenvalue weighted by Crippen LogP contribution is -1.96. The second-order valence-corrected chi connectivity index (χ2v) is 4.13. The topological polar surface area (TPSA) is 35.2 Å². The Hall–Kier alpha value is -1.67. The molecule has 0 bridgehead atoms. The minimum Gasteiger partial charge on any atom is -0.492 e. The summed E-state index contributed by atoms with van der Waals surface area (Å²) in [5.74, 6) is 0.721. The molecule has 0 aliphatic carbocycles. The van der Waals surface area contributed by atoms with Crippen LogP contribution in [0, 0.1) is 0 Å². The van der Waals surface area contributed by atoms with Crippen LogP contribution >= 0.6 is 11.6 Å². The fourth-order valence-electron chi connectivity index (χ4n) is 1.68. The number of hydrogen-bond acceptors (Lipinski definition) is 2. The summed E-state index contributed by atoms with van der Waals surface area (Å²) in [6.07, 6.45) is 0. The van der Waals surface area contributed by atoms with Gasteiger partial charge < -0.3 is 10.5 Å². The number of nitrogen functional groups attached to an aromatic ring is 1.